The van der Waals surface area contributed by atoms with E-state index in [1.165, 1.54) is 0 Å². The number of ether oxygens (including phenoxy) is 1. The summed E-state index contributed by atoms with van der Waals surface area (Å²) in [5, 5.41) is 9.71. The zero-order chi connectivity index (χ0) is 24.2. The van der Waals surface area contributed by atoms with E-state index in [0.29, 0.717) is 55.5 Å². The predicted octanol–water partition coefficient (Wildman–Crippen LogP) is 3.87. The average molecular weight is 481 g/mol. The van der Waals surface area contributed by atoms with Crippen LogP contribution in [0.25, 0.3) is 0 Å². The van der Waals surface area contributed by atoms with Crippen LogP contribution in [0, 0.1) is 23.2 Å². The molecule has 0 spiro atoms. The number of likely N-dealkylation sites (tertiary alicyclic amines) is 2. The molecule has 3 atom stereocenters. The van der Waals surface area contributed by atoms with Crippen LogP contribution in [-0.4, -0.2) is 58.9 Å². The molecule has 8 heteroatoms. The number of rotatable bonds is 5. The molecular formula is C26H29ClN4O3. The molecule has 2 fully saturated rings. The quantitative estimate of drug-likeness (QED) is 0.648. The highest BCUT2D eigenvalue weighted by Crippen LogP contribution is 2.37. The predicted molar refractivity (Wildman–Crippen MR) is 128 cm³/mol. The van der Waals surface area contributed by atoms with Gasteiger partial charge in [0.25, 0.3) is 0 Å². The Hall–Kier alpha value is -3.11. The average Bonchev–Trinajstić information content (AvgIpc) is 3.31. The number of amides is 2. The lowest BCUT2D eigenvalue weighted by Crippen LogP contribution is -2.43. The van der Waals surface area contributed by atoms with E-state index in [-0.39, 0.29) is 35.7 Å². The summed E-state index contributed by atoms with van der Waals surface area (Å²) in [6.07, 6.45) is 2.76. The van der Waals surface area contributed by atoms with Crippen molar-refractivity contribution < 1.29 is 14.3 Å². The number of hydrogen-bond acceptors (Lipinski definition) is 5. The Morgan fingerprint density at radius 1 is 1.12 bits per heavy atom. The summed E-state index contributed by atoms with van der Waals surface area (Å²) >= 11 is 5.95. The van der Waals surface area contributed by atoms with E-state index in [0.717, 1.165) is 5.56 Å². The number of pyridine rings is 1. The maximum atomic E-state index is 13.4. The Morgan fingerprint density at radius 2 is 1.82 bits per heavy atom. The molecule has 2 saturated heterocycles. The third-order valence-corrected chi connectivity index (χ3v) is 7.27. The van der Waals surface area contributed by atoms with E-state index < -0.39 is 0 Å². The standard InChI is InChI=1S/C26H29ClN4O3/c1-17(34-25-8-7-22(27)14-29-25)23-15-31(16-24(23)20-5-3-19(13-28)4-6-20)26(33)21-9-11-30(12-10-21)18(2)32/h3-8,14,17,21,23-24H,9-12,15-16H2,1-2H3/t17-,23+,24+/m0/s1. The van der Waals surface area contributed by atoms with Crippen molar-refractivity contribution in [2.45, 2.75) is 38.7 Å². The highest BCUT2D eigenvalue weighted by atomic mass is 35.5. The maximum absolute atomic E-state index is 13.4. The molecule has 2 amide bonds. The summed E-state index contributed by atoms with van der Waals surface area (Å²) in [6, 6.07) is 13.2. The first-order valence-electron chi connectivity index (χ1n) is 11.7. The van der Waals surface area contributed by atoms with Crippen LogP contribution in [0.3, 0.4) is 0 Å². The summed E-state index contributed by atoms with van der Waals surface area (Å²) in [6.45, 7) is 6.03. The molecule has 0 N–H and O–H groups in total. The molecule has 1 aromatic carbocycles. The first-order chi connectivity index (χ1) is 16.4. The van der Waals surface area contributed by atoms with Gasteiger partial charge in [-0.2, -0.15) is 5.26 Å². The van der Waals surface area contributed by atoms with Gasteiger partial charge in [-0.1, -0.05) is 23.7 Å². The zero-order valence-corrected chi connectivity index (χ0v) is 20.2. The van der Waals surface area contributed by atoms with Crippen LogP contribution in [-0.2, 0) is 9.59 Å². The molecule has 0 unspecified atom stereocenters. The van der Waals surface area contributed by atoms with Gasteiger partial charge in [-0.15, -0.1) is 0 Å². The van der Waals surface area contributed by atoms with Crippen molar-refractivity contribution in [3.63, 3.8) is 0 Å². The van der Waals surface area contributed by atoms with Crippen LogP contribution in [0.1, 0.15) is 43.7 Å². The topological polar surface area (TPSA) is 86.5 Å². The summed E-state index contributed by atoms with van der Waals surface area (Å²) < 4.78 is 6.16. The Balaban J connectivity index is 1.51. The monoisotopic (exact) mass is 480 g/mol. The number of carbonyl (C=O) groups excluding carboxylic acids is 2. The molecule has 2 aliphatic rings. The fourth-order valence-corrected chi connectivity index (χ4v) is 5.16. The fraction of sp³-hybridized carbons (Fsp3) is 0.462. The first kappa shape index (κ1) is 24.0. The molecular weight excluding hydrogens is 452 g/mol. The van der Waals surface area contributed by atoms with Gasteiger partial charge in [0, 0.05) is 63.1 Å². The number of aromatic nitrogens is 1. The largest absolute Gasteiger partial charge is 0.474 e. The molecule has 0 radical (unpaired) electrons. The number of nitrogens with zero attached hydrogens (tertiary/aromatic N) is 4. The lowest BCUT2D eigenvalue weighted by molar-refractivity contribution is -0.139. The zero-order valence-electron chi connectivity index (χ0n) is 19.5. The van der Waals surface area contributed by atoms with Crippen molar-refractivity contribution >= 4 is 23.4 Å². The smallest absolute Gasteiger partial charge is 0.225 e. The van der Waals surface area contributed by atoms with Crippen LogP contribution in [0.15, 0.2) is 42.6 Å². The minimum atomic E-state index is -0.188. The molecule has 7 nitrogen and oxygen atoms in total. The van der Waals surface area contributed by atoms with Crippen LogP contribution < -0.4 is 4.74 Å². The summed E-state index contributed by atoms with van der Waals surface area (Å²) in [4.78, 5) is 33.1. The number of benzene rings is 1. The van der Waals surface area contributed by atoms with Gasteiger partial charge in [0.05, 0.1) is 16.7 Å². The van der Waals surface area contributed by atoms with E-state index >= 15 is 0 Å². The second-order valence-electron chi connectivity index (χ2n) is 9.17. The second-order valence-corrected chi connectivity index (χ2v) is 9.60. The van der Waals surface area contributed by atoms with Gasteiger partial charge in [-0.25, -0.2) is 4.98 Å². The lowest BCUT2D eigenvalue weighted by atomic mass is 9.85. The summed E-state index contributed by atoms with van der Waals surface area (Å²) in [7, 11) is 0. The lowest BCUT2D eigenvalue weighted by Gasteiger charge is -2.32. The van der Waals surface area contributed by atoms with Gasteiger partial charge in [0.2, 0.25) is 17.7 Å². The van der Waals surface area contributed by atoms with Crippen LogP contribution in [0.4, 0.5) is 0 Å². The molecule has 0 bridgehead atoms. The Morgan fingerprint density at radius 3 is 2.41 bits per heavy atom. The van der Waals surface area contributed by atoms with Gasteiger partial charge >= 0.3 is 0 Å². The second kappa shape index (κ2) is 10.4. The highest BCUT2D eigenvalue weighted by molar-refractivity contribution is 6.30. The minimum absolute atomic E-state index is 0.0617. The van der Waals surface area contributed by atoms with Gasteiger partial charge in [0.1, 0.15) is 6.10 Å². The molecule has 0 saturated carbocycles. The van der Waals surface area contributed by atoms with Crippen molar-refractivity contribution in [2.24, 2.45) is 11.8 Å². The number of nitriles is 1. The van der Waals surface area contributed by atoms with Gasteiger partial charge in [-0.05, 0) is 43.5 Å². The van der Waals surface area contributed by atoms with Crippen molar-refractivity contribution in [3.05, 3.63) is 58.7 Å². The normalized spacial score (nSPS) is 21.7. The van der Waals surface area contributed by atoms with E-state index in [4.69, 9.17) is 21.6 Å². The SMILES string of the molecule is CC(=O)N1CCC(C(=O)N2C[C@H]([C@H](C)Oc3ccc(Cl)cn3)[C@@H](c3ccc(C#N)cc3)C2)CC1. The Bertz CT molecular complexity index is 1060. The van der Waals surface area contributed by atoms with Gasteiger partial charge in [-0.3, -0.25) is 9.59 Å². The van der Waals surface area contributed by atoms with Gasteiger partial charge < -0.3 is 14.5 Å². The third kappa shape index (κ3) is 5.34. The van der Waals surface area contributed by atoms with Crippen LogP contribution in [0.2, 0.25) is 5.02 Å². The molecule has 178 valence electrons. The summed E-state index contributed by atoms with van der Waals surface area (Å²) in [5.74, 6) is 0.793. The van der Waals surface area contributed by atoms with E-state index in [9.17, 15) is 9.59 Å². The molecule has 0 aliphatic carbocycles. The maximum Gasteiger partial charge on any atom is 0.225 e. The Kier molecular flexibility index (Phi) is 7.38. The third-order valence-electron chi connectivity index (χ3n) is 7.04. The number of carbonyl (C=O) groups is 2. The van der Waals surface area contributed by atoms with Crippen molar-refractivity contribution in [1.29, 1.82) is 5.26 Å². The molecule has 2 aliphatic heterocycles. The number of hydrogen-bond donors (Lipinski definition) is 0. The van der Waals surface area contributed by atoms with Crippen LogP contribution in [0.5, 0.6) is 5.88 Å². The number of halogens is 1. The van der Waals surface area contributed by atoms with Crippen molar-refractivity contribution in [1.82, 2.24) is 14.8 Å². The van der Waals surface area contributed by atoms with E-state index in [1.807, 2.05) is 41.0 Å². The van der Waals surface area contributed by atoms with Crippen molar-refractivity contribution in [3.8, 4) is 11.9 Å². The minimum Gasteiger partial charge on any atom is -0.474 e. The Labute approximate surface area is 205 Å². The first-order valence-corrected chi connectivity index (χ1v) is 12.1. The molecule has 3 heterocycles. The number of piperidine rings is 1. The fourth-order valence-electron chi connectivity index (χ4n) is 5.05. The van der Waals surface area contributed by atoms with E-state index in [1.54, 1.807) is 25.3 Å². The molecule has 2 aromatic rings. The molecule has 4 rings (SSSR count). The van der Waals surface area contributed by atoms with E-state index in [2.05, 4.69) is 11.1 Å². The van der Waals surface area contributed by atoms with Crippen LogP contribution >= 0.6 is 11.6 Å². The summed E-state index contributed by atoms with van der Waals surface area (Å²) in [5.41, 5.74) is 1.70. The highest BCUT2D eigenvalue weighted by Gasteiger charge is 2.42. The van der Waals surface area contributed by atoms with Gasteiger partial charge in [0.15, 0.2) is 0 Å². The molecule has 34 heavy (non-hydrogen) atoms. The van der Waals surface area contributed by atoms with Crippen molar-refractivity contribution in [2.75, 3.05) is 26.2 Å². The molecule has 1 aromatic heterocycles.